The fourth-order valence-corrected chi connectivity index (χ4v) is 2.73. The highest BCUT2D eigenvalue weighted by Gasteiger charge is 2.22. The van der Waals surface area contributed by atoms with E-state index < -0.39 is 0 Å². The highest BCUT2D eigenvalue weighted by molar-refractivity contribution is 14.0. The van der Waals surface area contributed by atoms with Gasteiger partial charge in [-0.3, -0.25) is 4.99 Å². The molecule has 0 aromatic heterocycles. The number of nitrogens with one attached hydrogen (secondary N) is 2. The Morgan fingerprint density at radius 1 is 1.23 bits per heavy atom. The minimum atomic E-state index is 0. The lowest BCUT2D eigenvalue weighted by Crippen LogP contribution is -2.38. The Balaban J connectivity index is 0.00000176. The van der Waals surface area contributed by atoms with Gasteiger partial charge in [-0.15, -0.1) is 24.0 Å². The summed E-state index contributed by atoms with van der Waals surface area (Å²) in [5.41, 5.74) is 1.23. The topological polar surface area (TPSA) is 45.7 Å². The minimum Gasteiger partial charge on any atom is -0.490 e. The van der Waals surface area contributed by atoms with E-state index >= 15 is 0 Å². The number of hydrogen-bond donors (Lipinski definition) is 2. The number of rotatable bonds is 5. The van der Waals surface area contributed by atoms with Gasteiger partial charge in [0.25, 0.3) is 0 Å². The van der Waals surface area contributed by atoms with Gasteiger partial charge in [0.05, 0.1) is 6.10 Å². The van der Waals surface area contributed by atoms with E-state index in [0.717, 1.165) is 18.3 Å². The first-order chi connectivity index (χ1) is 10.3. The van der Waals surface area contributed by atoms with Gasteiger partial charge in [0.15, 0.2) is 5.96 Å². The molecule has 22 heavy (non-hydrogen) atoms. The first kappa shape index (κ1) is 17.4. The van der Waals surface area contributed by atoms with E-state index in [2.05, 4.69) is 39.9 Å². The molecule has 0 saturated heterocycles. The van der Waals surface area contributed by atoms with E-state index in [9.17, 15) is 0 Å². The molecule has 0 aliphatic heterocycles. The molecule has 0 heterocycles. The van der Waals surface area contributed by atoms with Crippen LogP contribution in [-0.4, -0.2) is 25.2 Å². The smallest absolute Gasteiger partial charge is 0.191 e. The molecule has 2 aliphatic carbocycles. The third-order valence-corrected chi connectivity index (χ3v) is 4.11. The van der Waals surface area contributed by atoms with Gasteiger partial charge in [-0.05, 0) is 56.2 Å². The van der Waals surface area contributed by atoms with Crippen LogP contribution in [0.15, 0.2) is 29.3 Å². The van der Waals surface area contributed by atoms with Gasteiger partial charge in [-0.1, -0.05) is 12.1 Å². The molecule has 0 unspecified atom stereocenters. The van der Waals surface area contributed by atoms with Crippen LogP contribution < -0.4 is 15.4 Å². The van der Waals surface area contributed by atoms with Crippen molar-refractivity contribution < 1.29 is 4.74 Å². The second kappa shape index (κ2) is 8.60. The zero-order valence-electron chi connectivity index (χ0n) is 13.2. The highest BCUT2D eigenvalue weighted by atomic mass is 127. The molecule has 2 fully saturated rings. The lowest BCUT2D eigenvalue weighted by atomic mass is 10.2. The Bertz CT molecular complexity index is 496. The molecule has 2 aliphatic rings. The van der Waals surface area contributed by atoms with Crippen molar-refractivity contribution >= 4 is 29.9 Å². The predicted octanol–water partition coefficient (Wildman–Crippen LogP) is 3.45. The molecule has 0 radical (unpaired) electrons. The van der Waals surface area contributed by atoms with Crippen molar-refractivity contribution in [1.82, 2.24) is 10.6 Å². The van der Waals surface area contributed by atoms with E-state index in [1.54, 1.807) is 0 Å². The summed E-state index contributed by atoms with van der Waals surface area (Å²) < 4.78 is 6.05. The fourth-order valence-electron chi connectivity index (χ4n) is 2.73. The van der Waals surface area contributed by atoms with Gasteiger partial charge < -0.3 is 15.4 Å². The molecule has 2 saturated carbocycles. The molecular formula is C17H26IN3O. The number of guanidine groups is 1. The van der Waals surface area contributed by atoms with Crippen molar-refractivity contribution in [3.05, 3.63) is 29.8 Å². The summed E-state index contributed by atoms with van der Waals surface area (Å²) in [6, 6.07) is 9.00. The van der Waals surface area contributed by atoms with Crippen LogP contribution in [0.1, 0.15) is 44.1 Å². The summed E-state index contributed by atoms with van der Waals surface area (Å²) in [7, 11) is 1.82. The summed E-state index contributed by atoms with van der Waals surface area (Å²) in [6.07, 6.45) is 7.92. The van der Waals surface area contributed by atoms with Crippen LogP contribution in [0.4, 0.5) is 0 Å². The molecule has 0 amide bonds. The number of nitrogens with zero attached hydrogens (tertiary/aromatic N) is 1. The minimum absolute atomic E-state index is 0. The molecule has 1 aromatic rings. The molecule has 0 bridgehead atoms. The standard InChI is InChI=1S/C17H25N3O.HI/c1-18-17(20-14-9-10-14)19-12-13-5-4-8-16(11-13)21-15-6-2-3-7-15;/h4-5,8,11,14-15H,2-3,6-7,9-10,12H2,1H3,(H2,18,19,20);1H. The van der Waals surface area contributed by atoms with Crippen LogP contribution in [-0.2, 0) is 6.54 Å². The van der Waals surface area contributed by atoms with Crippen molar-refractivity contribution in [2.75, 3.05) is 7.05 Å². The van der Waals surface area contributed by atoms with Crippen LogP contribution in [0.25, 0.3) is 0 Å². The number of aliphatic imine (C=N–C) groups is 1. The molecule has 122 valence electrons. The van der Waals surface area contributed by atoms with Crippen molar-refractivity contribution in [1.29, 1.82) is 0 Å². The molecule has 5 heteroatoms. The van der Waals surface area contributed by atoms with Crippen molar-refractivity contribution in [2.45, 2.75) is 57.2 Å². The lowest BCUT2D eigenvalue weighted by molar-refractivity contribution is 0.210. The highest BCUT2D eigenvalue weighted by Crippen LogP contribution is 2.24. The van der Waals surface area contributed by atoms with E-state index in [1.807, 2.05) is 7.05 Å². The van der Waals surface area contributed by atoms with Gasteiger partial charge >= 0.3 is 0 Å². The largest absolute Gasteiger partial charge is 0.490 e. The van der Waals surface area contributed by atoms with Crippen LogP contribution in [0, 0.1) is 0 Å². The van der Waals surface area contributed by atoms with E-state index in [1.165, 1.54) is 44.1 Å². The van der Waals surface area contributed by atoms with Crippen LogP contribution in [0.3, 0.4) is 0 Å². The first-order valence-electron chi connectivity index (χ1n) is 8.06. The predicted molar refractivity (Wildman–Crippen MR) is 101 cm³/mol. The summed E-state index contributed by atoms with van der Waals surface area (Å²) in [4.78, 5) is 4.25. The molecule has 1 aromatic carbocycles. The molecule has 0 atom stereocenters. The summed E-state index contributed by atoms with van der Waals surface area (Å²) in [6.45, 7) is 0.772. The molecule has 4 nitrogen and oxygen atoms in total. The number of ether oxygens (including phenoxy) is 1. The Morgan fingerprint density at radius 2 is 2.00 bits per heavy atom. The zero-order valence-corrected chi connectivity index (χ0v) is 15.5. The second-order valence-electron chi connectivity index (χ2n) is 6.02. The molecule has 0 spiro atoms. The van der Waals surface area contributed by atoms with Gasteiger partial charge in [-0.25, -0.2) is 0 Å². The summed E-state index contributed by atoms with van der Waals surface area (Å²) in [5, 5.41) is 6.75. The Hall–Kier alpha value is -0.980. The maximum absolute atomic E-state index is 6.05. The van der Waals surface area contributed by atoms with E-state index in [-0.39, 0.29) is 24.0 Å². The fraction of sp³-hybridized carbons (Fsp3) is 0.588. The van der Waals surface area contributed by atoms with Gasteiger partial charge in [0.2, 0.25) is 0 Å². The number of halogens is 1. The molecular weight excluding hydrogens is 389 g/mol. The Labute approximate surface area is 150 Å². The quantitative estimate of drug-likeness (QED) is 0.440. The van der Waals surface area contributed by atoms with Crippen molar-refractivity contribution in [3.8, 4) is 5.75 Å². The monoisotopic (exact) mass is 415 g/mol. The molecule has 2 N–H and O–H groups in total. The zero-order chi connectivity index (χ0) is 14.5. The second-order valence-corrected chi connectivity index (χ2v) is 6.02. The maximum Gasteiger partial charge on any atom is 0.191 e. The van der Waals surface area contributed by atoms with Crippen LogP contribution >= 0.6 is 24.0 Å². The van der Waals surface area contributed by atoms with Crippen molar-refractivity contribution in [3.63, 3.8) is 0 Å². The average molecular weight is 415 g/mol. The average Bonchev–Trinajstić information content (AvgIpc) is 3.18. The number of benzene rings is 1. The van der Waals surface area contributed by atoms with Gasteiger partial charge in [0, 0.05) is 19.6 Å². The van der Waals surface area contributed by atoms with Crippen molar-refractivity contribution in [2.24, 2.45) is 4.99 Å². The van der Waals surface area contributed by atoms with E-state index in [4.69, 9.17) is 4.74 Å². The maximum atomic E-state index is 6.05. The Kier molecular flexibility index (Phi) is 6.79. The third-order valence-electron chi connectivity index (χ3n) is 4.11. The van der Waals surface area contributed by atoms with Crippen LogP contribution in [0.5, 0.6) is 5.75 Å². The summed E-state index contributed by atoms with van der Waals surface area (Å²) in [5.74, 6) is 1.88. The number of hydrogen-bond acceptors (Lipinski definition) is 2. The summed E-state index contributed by atoms with van der Waals surface area (Å²) >= 11 is 0. The third kappa shape index (κ3) is 5.34. The Morgan fingerprint density at radius 3 is 2.68 bits per heavy atom. The SMILES string of the molecule is CN=C(NCc1cccc(OC2CCCC2)c1)NC1CC1.I. The van der Waals surface area contributed by atoms with Gasteiger partial charge in [-0.2, -0.15) is 0 Å². The van der Waals surface area contributed by atoms with Crippen LogP contribution in [0.2, 0.25) is 0 Å². The normalized spacial score (nSPS) is 18.7. The first-order valence-corrected chi connectivity index (χ1v) is 8.06. The van der Waals surface area contributed by atoms with E-state index in [0.29, 0.717) is 12.1 Å². The van der Waals surface area contributed by atoms with Gasteiger partial charge in [0.1, 0.15) is 5.75 Å². The molecule has 3 rings (SSSR count). The lowest BCUT2D eigenvalue weighted by Gasteiger charge is -2.15.